The number of benzene rings is 2. The zero-order chi connectivity index (χ0) is 19.3. The molecule has 5 heteroatoms. The molecule has 4 nitrogen and oxygen atoms in total. The quantitative estimate of drug-likeness (QED) is 0.576. The van der Waals surface area contributed by atoms with Crippen molar-refractivity contribution in [2.24, 2.45) is 5.73 Å². The van der Waals surface area contributed by atoms with Crippen molar-refractivity contribution in [3.63, 3.8) is 0 Å². The van der Waals surface area contributed by atoms with Gasteiger partial charge in [0, 0.05) is 6.07 Å². The van der Waals surface area contributed by atoms with E-state index in [1.165, 1.54) is 11.1 Å². The first-order valence-electron chi connectivity index (χ1n) is 8.57. The van der Waals surface area contributed by atoms with Gasteiger partial charge < -0.3 is 19.9 Å². The summed E-state index contributed by atoms with van der Waals surface area (Å²) >= 11 is 5.08. The number of nitrogens with two attached hydrogens (primary N) is 1. The first kappa shape index (κ1) is 20.0. The molecule has 0 fully saturated rings. The van der Waals surface area contributed by atoms with Crippen molar-refractivity contribution in [3.8, 4) is 17.2 Å². The summed E-state index contributed by atoms with van der Waals surface area (Å²) in [7, 11) is 1.61. The van der Waals surface area contributed by atoms with Crippen LogP contribution in [0.5, 0.6) is 17.2 Å². The summed E-state index contributed by atoms with van der Waals surface area (Å²) < 4.78 is 17.1. The monoisotopic (exact) mass is 373 g/mol. The minimum Gasteiger partial charge on any atom is -0.497 e. The fourth-order valence-corrected chi connectivity index (χ4v) is 2.78. The molecule has 0 bridgehead atoms. The zero-order valence-electron chi connectivity index (χ0n) is 16.1. The van der Waals surface area contributed by atoms with Crippen LogP contribution in [0.4, 0.5) is 0 Å². The van der Waals surface area contributed by atoms with E-state index in [9.17, 15) is 0 Å². The fourth-order valence-electron chi connectivity index (χ4n) is 2.61. The Morgan fingerprint density at radius 2 is 1.65 bits per heavy atom. The highest BCUT2D eigenvalue weighted by Crippen LogP contribution is 2.32. The highest BCUT2D eigenvalue weighted by molar-refractivity contribution is 7.80. The molecule has 0 amide bonds. The Balaban J connectivity index is 2.05. The summed E-state index contributed by atoms with van der Waals surface area (Å²) in [6, 6.07) is 11.6. The van der Waals surface area contributed by atoms with Gasteiger partial charge in [-0.1, -0.05) is 50.7 Å². The molecule has 0 aliphatic rings. The molecule has 0 radical (unpaired) electrons. The lowest BCUT2D eigenvalue weighted by Gasteiger charge is -2.23. The van der Waals surface area contributed by atoms with Gasteiger partial charge in [-0.25, -0.2) is 0 Å². The third-order valence-corrected chi connectivity index (χ3v) is 4.22. The summed E-state index contributed by atoms with van der Waals surface area (Å²) in [5.74, 6) is 2.17. The van der Waals surface area contributed by atoms with Gasteiger partial charge in [-0.05, 0) is 36.1 Å². The minimum absolute atomic E-state index is 0.00785. The lowest BCUT2D eigenvalue weighted by molar-refractivity contribution is 0.213. The van der Waals surface area contributed by atoms with Crippen LogP contribution >= 0.6 is 12.2 Å². The number of ether oxygens (including phenoxy) is 3. The summed E-state index contributed by atoms with van der Waals surface area (Å²) in [5, 5.41) is 0. The van der Waals surface area contributed by atoms with Crippen molar-refractivity contribution in [1.82, 2.24) is 0 Å². The molecule has 140 valence electrons. The molecule has 0 saturated heterocycles. The smallest absolute Gasteiger partial charge is 0.133 e. The van der Waals surface area contributed by atoms with E-state index in [4.69, 9.17) is 32.2 Å². The molecule has 0 aromatic heterocycles. The fraction of sp³-hybridized carbons (Fsp3) is 0.381. The number of thiocarbonyl (C=S) groups is 1. The molecular formula is C21H27NO3S. The first-order chi connectivity index (χ1) is 12.2. The third-order valence-electron chi connectivity index (χ3n) is 4.00. The number of rotatable bonds is 7. The van der Waals surface area contributed by atoms with Crippen molar-refractivity contribution in [1.29, 1.82) is 0 Å². The molecule has 2 N–H and O–H groups in total. The molecule has 0 heterocycles. The van der Waals surface area contributed by atoms with Gasteiger partial charge in [-0.2, -0.15) is 0 Å². The molecule has 0 spiro atoms. The van der Waals surface area contributed by atoms with Crippen LogP contribution in [0.15, 0.2) is 36.4 Å². The number of hydrogen-bond acceptors (Lipinski definition) is 4. The first-order valence-corrected chi connectivity index (χ1v) is 8.98. The van der Waals surface area contributed by atoms with Crippen LogP contribution in [0.2, 0.25) is 0 Å². The Kier molecular flexibility index (Phi) is 6.48. The molecule has 2 aromatic carbocycles. The highest BCUT2D eigenvalue weighted by Gasteiger charge is 2.19. The van der Waals surface area contributed by atoms with Crippen LogP contribution in [0.3, 0.4) is 0 Å². The van der Waals surface area contributed by atoms with Crippen molar-refractivity contribution in [2.45, 2.75) is 33.1 Å². The Hall–Kier alpha value is -2.27. The van der Waals surface area contributed by atoms with Gasteiger partial charge in [0.2, 0.25) is 0 Å². The van der Waals surface area contributed by atoms with E-state index in [1.54, 1.807) is 25.3 Å². The average Bonchev–Trinajstić information content (AvgIpc) is 2.58. The van der Waals surface area contributed by atoms with Crippen LogP contribution in [0.1, 0.15) is 37.5 Å². The second-order valence-electron chi connectivity index (χ2n) is 7.17. The maximum Gasteiger partial charge on any atom is 0.133 e. The van der Waals surface area contributed by atoms with E-state index in [2.05, 4.69) is 39.8 Å². The number of methoxy groups -OCH3 is 1. The normalized spacial score (nSPS) is 11.1. The summed E-state index contributed by atoms with van der Waals surface area (Å²) in [6.07, 6.45) is 0. The van der Waals surface area contributed by atoms with Crippen molar-refractivity contribution in [3.05, 3.63) is 53.1 Å². The van der Waals surface area contributed by atoms with E-state index in [-0.39, 0.29) is 10.4 Å². The topological polar surface area (TPSA) is 53.7 Å². The molecular weight excluding hydrogens is 346 g/mol. The molecule has 26 heavy (non-hydrogen) atoms. The van der Waals surface area contributed by atoms with E-state index >= 15 is 0 Å². The van der Waals surface area contributed by atoms with Crippen LogP contribution < -0.4 is 19.9 Å². The van der Waals surface area contributed by atoms with Gasteiger partial charge in [0.1, 0.15) is 35.5 Å². The number of aryl methyl sites for hydroxylation is 1. The second kappa shape index (κ2) is 8.41. The largest absolute Gasteiger partial charge is 0.497 e. The van der Waals surface area contributed by atoms with Crippen LogP contribution in [-0.4, -0.2) is 25.3 Å². The van der Waals surface area contributed by atoms with Crippen LogP contribution in [-0.2, 0) is 5.41 Å². The Morgan fingerprint density at radius 3 is 2.23 bits per heavy atom. The lowest BCUT2D eigenvalue weighted by atomic mass is 9.85. The standard InChI is InChI=1S/C21H27NO3S/c1-14-6-9-18(17(12-14)21(2,3)4)24-10-11-25-19-13-15(23-5)7-8-16(19)20(22)26/h6-9,12-13H,10-11H2,1-5H3,(H2,22,26). The molecule has 0 atom stereocenters. The predicted molar refractivity (Wildman–Crippen MR) is 110 cm³/mol. The summed E-state index contributed by atoms with van der Waals surface area (Å²) in [5.41, 5.74) is 8.86. The molecule has 2 aromatic rings. The summed E-state index contributed by atoms with van der Waals surface area (Å²) in [6.45, 7) is 9.41. The van der Waals surface area contributed by atoms with Crippen molar-refractivity contribution < 1.29 is 14.2 Å². The molecule has 0 unspecified atom stereocenters. The summed E-state index contributed by atoms with van der Waals surface area (Å²) in [4.78, 5) is 0.289. The van der Waals surface area contributed by atoms with E-state index in [1.807, 2.05) is 6.07 Å². The Labute approximate surface area is 161 Å². The van der Waals surface area contributed by atoms with E-state index in [0.717, 1.165) is 5.75 Å². The molecule has 0 aliphatic carbocycles. The molecule has 0 saturated carbocycles. The van der Waals surface area contributed by atoms with E-state index < -0.39 is 0 Å². The maximum atomic E-state index is 5.98. The lowest BCUT2D eigenvalue weighted by Crippen LogP contribution is -2.17. The molecule has 0 aliphatic heterocycles. The van der Waals surface area contributed by atoms with Crippen molar-refractivity contribution in [2.75, 3.05) is 20.3 Å². The molecule has 2 rings (SSSR count). The Bertz CT molecular complexity index is 781. The zero-order valence-corrected chi connectivity index (χ0v) is 16.9. The van der Waals surface area contributed by atoms with Gasteiger partial charge in [0.15, 0.2) is 0 Å². The second-order valence-corrected chi connectivity index (χ2v) is 7.61. The number of hydrogen-bond donors (Lipinski definition) is 1. The van der Waals surface area contributed by atoms with Crippen LogP contribution in [0, 0.1) is 6.92 Å². The maximum absolute atomic E-state index is 5.98. The predicted octanol–water partition coefficient (Wildman–Crippen LogP) is 4.39. The van der Waals surface area contributed by atoms with Crippen molar-refractivity contribution >= 4 is 17.2 Å². The highest BCUT2D eigenvalue weighted by atomic mass is 32.1. The third kappa shape index (κ3) is 5.11. The van der Waals surface area contributed by atoms with Gasteiger partial charge in [-0.3, -0.25) is 0 Å². The minimum atomic E-state index is 0.00785. The van der Waals surface area contributed by atoms with E-state index in [0.29, 0.717) is 30.3 Å². The van der Waals surface area contributed by atoms with Crippen LogP contribution in [0.25, 0.3) is 0 Å². The van der Waals surface area contributed by atoms with Gasteiger partial charge >= 0.3 is 0 Å². The van der Waals surface area contributed by atoms with Gasteiger partial charge in [-0.15, -0.1) is 0 Å². The SMILES string of the molecule is COc1ccc(C(N)=S)c(OCCOc2ccc(C)cc2C(C)(C)C)c1. The average molecular weight is 374 g/mol. The van der Waals surface area contributed by atoms with Gasteiger partial charge in [0.05, 0.1) is 12.7 Å². The Morgan fingerprint density at radius 1 is 1.00 bits per heavy atom. The van der Waals surface area contributed by atoms with Gasteiger partial charge in [0.25, 0.3) is 0 Å².